The zero-order valence-corrected chi connectivity index (χ0v) is 12.3. The van der Waals surface area contributed by atoms with Crippen molar-refractivity contribution < 1.29 is 4.79 Å². The molecule has 0 aromatic carbocycles. The van der Waals surface area contributed by atoms with Gasteiger partial charge in [0.1, 0.15) is 12.7 Å². The number of likely N-dealkylation sites (tertiary alicyclic amines) is 1. The Kier molecular flexibility index (Phi) is 3.82. The lowest BCUT2D eigenvalue weighted by molar-refractivity contribution is -0.134. The van der Waals surface area contributed by atoms with Crippen LogP contribution in [0.15, 0.2) is 29.5 Å². The van der Waals surface area contributed by atoms with Gasteiger partial charge >= 0.3 is 0 Å². The summed E-state index contributed by atoms with van der Waals surface area (Å²) in [5.74, 6) is 0.156. The third-order valence-corrected chi connectivity index (χ3v) is 4.63. The van der Waals surface area contributed by atoms with Crippen molar-refractivity contribution in [3.8, 4) is 0 Å². The lowest BCUT2D eigenvalue weighted by Gasteiger charge is -2.34. The second-order valence-electron chi connectivity index (χ2n) is 5.23. The molecule has 0 spiro atoms. The molecule has 1 aliphatic heterocycles. The van der Waals surface area contributed by atoms with Crippen LogP contribution in [-0.4, -0.2) is 38.7 Å². The Labute approximate surface area is 122 Å². The Morgan fingerprint density at radius 3 is 3.15 bits per heavy atom. The predicted molar refractivity (Wildman–Crippen MR) is 77.6 cm³/mol. The molecule has 3 rings (SSSR count). The van der Waals surface area contributed by atoms with Gasteiger partial charge in [-0.25, -0.2) is 9.67 Å². The van der Waals surface area contributed by atoms with Crippen molar-refractivity contribution in [1.29, 1.82) is 0 Å². The molecule has 1 saturated heterocycles. The van der Waals surface area contributed by atoms with Gasteiger partial charge in [-0.05, 0) is 42.2 Å². The second-order valence-corrected chi connectivity index (χ2v) is 6.01. The lowest BCUT2D eigenvalue weighted by atomic mass is 10.00. The molecule has 2 aromatic heterocycles. The van der Waals surface area contributed by atoms with Gasteiger partial charge < -0.3 is 4.90 Å². The Balaban J connectivity index is 1.69. The number of nitrogens with zero attached hydrogens (tertiary/aromatic N) is 4. The van der Waals surface area contributed by atoms with E-state index < -0.39 is 0 Å². The summed E-state index contributed by atoms with van der Waals surface area (Å²) >= 11 is 1.64. The molecule has 0 unspecified atom stereocenters. The van der Waals surface area contributed by atoms with Crippen molar-refractivity contribution in [3.63, 3.8) is 0 Å². The molecule has 1 aliphatic rings. The highest BCUT2D eigenvalue weighted by molar-refractivity contribution is 7.08. The molecule has 2 aromatic rings. The number of hydrogen-bond donors (Lipinski definition) is 0. The van der Waals surface area contributed by atoms with Crippen LogP contribution in [0.25, 0.3) is 0 Å². The normalized spacial score (nSPS) is 20.9. The average molecular weight is 290 g/mol. The molecular weight excluding hydrogens is 272 g/mol. The van der Waals surface area contributed by atoms with Crippen LogP contribution >= 0.6 is 11.3 Å². The molecule has 0 radical (unpaired) electrons. The van der Waals surface area contributed by atoms with E-state index in [1.54, 1.807) is 24.0 Å². The molecule has 1 fully saturated rings. The monoisotopic (exact) mass is 290 g/mol. The zero-order valence-electron chi connectivity index (χ0n) is 11.5. The standard InChI is InChI=1S/C14H18N4OS/c1-11(12-4-6-20-8-12)14(19)17-5-2-3-13(7-17)18-10-15-9-16-18/h4,6,8-11,13H,2-3,5,7H2,1H3/t11-,13+/m1/s1. The molecule has 0 N–H and O–H groups in total. The summed E-state index contributed by atoms with van der Waals surface area (Å²) in [6, 6.07) is 2.29. The summed E-state index contributed by atoms with van der Waals surface area (Å²) in [4.78, 5) is 18.6. The predicted octanol–water partition coefficient (Wildman–Crippen LogP) is 2.31. The fraction of sp³-hybridized carbons (Fsp3) is 0.500. The maximum Gasteiger partial charge on any atom is 0.229 e. The zero-order chi connectivity index (χ0) is 13.9. The average Bonchev–Trinajstić information content (AvgIpc) is 3.18. The van der Waals surface area contributed by atoms with Crippen molar-refractivity contribution in [2.24, 2.45) is 0 Å². The van der Waals surface area contributed by atoms with Crippen LogP contribution in [0, 0.1) is 0 Å². The summed E-state index contributed by atoms with van der Waals surface area (Å²) in [5, 5.41) is 8.28. The van der Waals surface area contributed by atoms with E-state index in [0.717, 1.165) is 31.5 Å². The van der Waals surface area contributed by atoms with E-state index in [1.807, 2.05) is 28.0 Å². The summed E-state index contributed by atoms with van der Waals surface area (Å²) in [6.07, 6.45) is 5.36. The highest BCUT2D eigenvalue weighted by Crippen LogP contribution is 2.25. The van der Waals surface area contributed by atoms with Crippen molar-refractivity contribution in [2.75, 3.05) is 13.1 Å². The first-order valence-corrected chi connectivity index (χ1v) is 7.85. The number of carbonyl (C=O) groups excluding carboxylic acids is 1. The Morgan fingerprint density at radius 2 is 2.45 bits per heavy atom. The third-order valence-electron chi connectivity index (χ3n) is 3.93. The largest absolute Gasteiger partial charge is 0.340 e. The number of hydrogen-bond acceptors (Lipinski definition) is 4. The van der Waals surface area contributed by atoms with Gasteiger partial charge in [0.15, 0.2) is 0 Å². The van der Waals surface area contributed by atoms with Crippen molar-refractivity contribution in [1.82, 2.24) is 19.7 Å². The molecule has 1 amide bonds. The van der Waals surface area contributed by atoms with Crippen molar-refractivity contribution in [2.45, 2.75) is 31.7 Å². The van der Waals surface area contributed by atoms with Crippen LogP contribution in [0.3, 0.4) is 0 Å². The number of rotatable bonds is 3. The van der Waals surface area contributed by atoms with Gasteiger partial charge in [0, 0.05) is 13.1 Å². The molecule has 0 bridgehead atoms. The SMILES string of the molecule is C[C@@H](C(=O)N1CCC[C@H](n2cncn2)C1)c1ccsc1. The summed E-state index contributed by atoms with van der Waals surface area (Å²) in [6.45, 7) is 3.57. The van der Waals surface area contributed by atoms with Gasteiger partial charge in [-0.3, -0.25) is 4.79 Å². The van der Waals surface area contributed by atoms with Crippen molar-refractivity contribution >= 4 is 17.2 Å². The topological polar surface area (TPSA) is 51.0 Å². The first-order valence-electron chi connectivity index (χ1n) is 6.90. The highest BCUT2D eigenvalue weighted by atomic mass is 32.1. The van der Waals surface area contributed by atoms with Gasteiger partial charge in [-0.2, -0.15) is 16.4 Å². The molecule has 20 heavy (non-hydrogen) atoms. The first-order chi connectivity index (χ1) is 9.75. The smallest absolute Gasteiger partial charge is 0.229 e. The Morgan fingerprint density at radius 1 is 1.55 bits per heavy atom. The van der Waals surface area contributed by atoms with E-state index in [0.29, 0.717) is 0 Å². The summed E-state index contributed by atoms with van der Waals surface area (Å²) < 4.78 is 1.87. The lowest BCUT2D eigenvalue weighted by Crippen LogP contribution is -2.42. The van der Waals surface area contributed by atoms with E-state index in [2.05, 4.69) is 15.5 Å². The molecule has 6 heteroatoms. The third kappa shape index (κ3) is 2.60. The van der Waals surface area contributed by atoms with E-state index in [9.17, 15) is 4.79 Å². The minimum Gasteiger partial charge on any atom is -0.340 e. The second kappa shape index (κ2) is 5.75. The first kappa shape index (κ1) is 13.3. The van der Waals surface area contributed by atoms with Gasteiger partial charge in [-0.15, -0.1) is 0 Å². The van der Waals surface area contributed by atoms with E-state index >= 15 is 0 Å². The molecular formula is C14H18N4OS. The molecule has 0 aliphatic carbocycles. The van der Waals surface area contributed by atoms with Gasteiger partial charge in [0.2, 0.25) is 5.91 Å². The van der Waals surface area contributed by atoms with E-state index in [1.165, 1.54) is 0 Å². The maximum absolute atomic E-state index is 12.6. The fourth-order valence-electron chi connectivity index (χ4n) is 2.71. The van der Waals surface area contributed by atoms with Crippen LogP contribution in [0.5, 0.6) is 0 Å². The summed E-state index contributed by atoms with van der Waals surface area (Å²) in [5.41, 5.74) is 1.11. The minimum absolute atomic E-state index is 0.0595. The van der Waals surface area contributed by atoms with E-state index in [4.69, 9.17) is 0 Å². The molecule has 3 heterocycles. The highest BCUT2D eigenvalue weighted by Gasteiger charge is 2.28. The van der Waals surface area contributed by atoms with Crippen LogP contribution in [0.2, 0.25) is 0 Å². The molecule has 2 atom stereocenters. The Bertz CT molecular complexity index is 552. The van der Waals surface area contributed by atoms with E-state index in [-0.39, 0.29) is 17.9 Å². The Hall–Kier alpha value is -1.69. The molecule has 0 saturated carbocycles. The number of carbonyl (C=O) groups is 1. The maximum atomic E-state index is 12.6. The van der Waals surface area contributed by atoms with Crippen LogP contribution in [-0.2, 0) is 4.79 Å². The number of piperidine rings is 1. The van der Waals surface area contributed by atoms with Gasteiger partial charge in [-0.1, -0.05) is 0 Å². The molecule has 106 valence electrons. The molecule has 5 nitrogen and oxygen atoms in total. The quantitative estimate of drug-likeness (QED) is 0.871. The number of amides is 1. The van der Waals surface area contributed by atoms with Crippen LogP contribution in [0.4, 0.5) is 0 Å². The van der Waals surface area contributed by atoms with Crippen molar-refractivity contribution in [3.05, 3.63) is 35.0 Å². The van der Waals surface area contributed by atoms with Gasteiger partial charge in [0.05, 0.1) is 12.0 Å². The number of thiophene rings is 1. The fourth-order valence-corrected chi connectivity index (χ4v) is 3.47. The summed E-state index contributed by atoms with van der Waals surface area (Å²) in [7, 11) is 0. The number of aromatic nitrogens is 3. The van der Waals surface area contributed by atoms with Crippen LogP contribution in [0.1, 0.15) is 37.3 Å². The van der Waals surface area contributed by atoms with Crippen LogP contribution < -0.4 is 0 Å². The minimum atomic E-state index is -0.0595. The van der Waals surface area contributed by atoms with Gasteiger partial charge in [0.25, 0.3) is 0 Å².